The summed E-state index contributed by atoms with van der Waals surface area (Å²) in [4.78, 5) is 6.86. The number of nitrogens with one attached hydrogen (secondary N) is 2. The fraction of sp³-hybridized carbons (Fsp3) is 0.650. The van der Waals surface area contributed by atoms with Crippen LogP contribution in [0, 0.1) is 0 Å². The Bertz CT molecular complexity index is 586. The summed E-state index contributed by atoms with van der Waals surface area (Å²) in [6.07, 6.45) is 0. The molecule has 7 heteroatoms. The minimum atomic E-state index is -0.845. The molecule has 1 aliphatic rings. The van der Waals surface area contributed by atoms with Gasteiger partial charge < -0.3 is 25.2 Å². The van der Waals surface area contributed by atoms with Gasteiger partial charge in [0.15, 0.2) is 5.96 Å². The van der Waals surface area contributed by atoms with Gasteiger partial charge in [0.1, 0.15) is 5.75 Å². The predicted octanol–water partition coefficient (Wildman–Crippen LogP) is 1.22. The highest BCUT2D eigenvalue weighted by Gasteiger charge is 2.25. The van der Waals surface area contributed by atoms with Gasteiger partial charge in [0.05, 0.1) is 32.0 Å². The first-order valence-corrected chi connectivity index (χ1v) is 9.79. The number of β-amino-alcohol motifs (C(OH)–C–C–N with tert-alkyl or cyclic N) is 1. The van der Waals surface area contributed by atoms with Crippen LogP contribution in [0.2, 0.25) is 0 Å². The summed E-state index contributed by atoms with van der Waals surface area (Å²) in [5.41, 5.74) is 0.237. The molecule has 7 nitrogen and oxygen atoms in total. The van der Waals surface area contributed by atoms with Gasteiger partial charge in [-0.05, 0) is 38.5 Å². The second kappa shape index (κ2) is 11.1. The Morgan fingerprint density at radius 1 is 1.30 bits per heavy atom. The Morgan fingerprint density at radius 2 is 2.07 bits per heavy atom. The van der Waals surface area contributed by atoms with Crippen LogP contribution in [-0.2, 0) is 11.3 Å². The smallest absolute Gasteiger partial charge is 0.191 e. The van der Waals surface area contributed by atoms with Crippen molar-refractivity contribution in [1.82, 2.24) is 15.5 Å². The maximum atomic E-state index is 10.7. The van der Waals surface area contributed by atoms with Crippen LogP contribution in [0.5, 0.6) is 5.75 Å². The quantitative estimate of drug-likeness (QED) is 0.443. The zero-order valence-electron chi connectivity index (χ0n) is 16.8. The summed E-state index contributed by atoms with van der Waals surface area (Å²) in [6.45, 7) is 12.0. The van der Waals surface area contributed by atoms with E-state index in [4.69, 9.17) is 9.47 Å². The second-order valence-electron chi connectivity index (χ2n) is 7.01. The largest absolute Gasteiger partial charge is 0.494 e. The van der Waals surface area contributed by atoms with E-state index in [9.17, 15) is 5.11 Å². The van der Waals surface area contributed by atoms with E-state index in [0.717, 1.165) is 44.2 Å². The first kappa shape index (κ1) is 21.5. The summed E-state index contributed by atoms with van der Waals surface area (Å²) in [7, 11) is 0. The molecular weight excluding hydrogens is 344 g/mol. The molecule has 1 unspecified atom stereocenters. The van der Waals surface area contributed by atoms with Crippen molar-refractivity contribution in [1.29, 1.82) is 0 Å². The van der Waals surface area contributed by atoms with Gasteiger partial charge in [0.25, 0.3) is 0 Å². The van der Waals surface area contributed by atoms with Gasteiger partial charge in [-0.15, -0.1) is 0 Å². The number of benzene rings is 1. The average Bonchev–Trinajstić information content (AvgIpc) is 2.65. The summed E-state index contributed by atoms with van der Waals surface area (Å²) in [6, 6.07) is 7.96. The second-order valence-corrected chi connectivity index (χ2v) is 7.01. The minimum absolute atomic E-state index is 0.426. The lowest BCUT2D eigenvalue weighted by atomic mass is 10.1. The van der Waals surface area contributed by atoms with Gasteiger partial charge in [-0.1, -0.05) is 12.1 Å². The number of rotatable bonds is 9. The third kappa shape index (κ3) is 8.15. The average molecular weight is 379 g/mol. The van der Waals surface area contributed by atoms with Crippen LogP contribution in [0.1, 0.15) is 26.3 Å². The number of morpholine rings is 1. The molecule has 1 aromatic rings. The summed E-state index contributed by atoms with van der Waals surface area (Å²) >= 11 is 0. The van der Waals surface area contributed by atoms with Crippen LogP contribution >= 0.6 is 0 Å². The van der Waals surface area contributed by atoms with E-state index in [0.29, 0.717) is 32.2 Å². The van der Waals surface area contributed by atoms with Gasteiger partial charge >= 0.3 is 0 Å². The maximum Gasteiger partial charge on any atom is 0.191 e. The summed E-state index contributed by atoms with van der Waals surface area (Å²) in [5.74, 6) is 1.55. The van der Waals surface area contributed by atoms with E-state index in [1.54, 1.807) is 0 Å². The molecule has 0 aromatic heterocycles. The van der Waals surface area contributed by atoms with Crippen LogP contribution in [0.3, 0.4) is 0 Å². The Kier molecular flexibility index (Phi) is 8.84. The van der Waals surface area contributed by atoms with Gasteiger partial charge in [0.2, 0.25) is 0 Å². The van der Waals surface area contributed by atoms with Crippen LogP contribution in [-0.4, -0.2) is 74.1 Å². The number of hydrogen-bond donors (Lipinski definition) is 3. The Hall–Kier alpha value is -1.83. The van der Waals surface area contributed by atoms with Crippen molar-refractivity contribution in [3.05, 3.63) is 29.8 Å². The van der Waals surface area contributed by atoms with Crippen molar-refractivity contribution < 1.29 is 14.6 Å². The molecule has 0 saturated carbocycles. The van der Waals surface area contributed by atoms with Crippen molar-refractivity contribution in [2.75, 3.05) is 52.5 Å². The van der Waals surface area contributed by atoms with Crippen LogP contribution in [0.4, 0.5) is 0 Å². The highest BCUT2D eigenvalue weighted by Crippen LogP contribution is 2.14. The molecule has 1 saturated heterocycles. The number of guanidine groups is 1. The Labute approximate surface area is 162 Å². The molecule has 2 rings (SSSR count). The minimum Gasteiger partial charge on any atom is -0.494 e. The van der Waals surface area contributed by atoms with E-state index in [2.05, 4.69) is 20.5 Å². The molecule has 1 aliphatic heterocycles. The number of ether oxygens (including phenoxy) is 2. The molecule has 1 atom stereocenters. The number of nitrogens with zero attached hydrogens (tertiary/aromatic N) is 2. The molecule has 27 heavy (non-hydrogen) atoms. The van der Waals surface area contributed by atoms with Crippen molar-refractivity contribution >= 4 is 5.96 Å². The van der Waals surface area contributed by atoms with Crippen LogP contribution in [0.25, 0.3) is 0 Å². The van der Waals surface area contributed by atoms with Crippen LogP contribution < -0.4 is 15.4 Å². The normalized spacial score (nSPS) is 18.0. The number of aliphatic hydroxyl groups is 1. The Balaban J connectivity index is 1.89. The Morgan fingerprint density at radius 3 is 2.78 bits per heavy atom. The van der Waals surface area contributed by atoms with Gasteiger partial charge in [0, 0.05) is 32.7 Å². The van der Waals surface area contributed by atoms with Gasteiger partial charge in [-0.3, -0.25) is 4.90 Å². The lowest BCUT2D eigenvalue weighted by molar-refractivity contribution is -0.0201. The predicted molar refractivity (Wildman–Crippen MR) is 108 cm³/mol. The fourth-order valence-electron chi connectivity index (χ4n) is 2.98. The lowest BCUT2D eigenvalue weighted by Gasteiger charge is -2.34. The topological polar surface area (TPSA) is 78.4 Å². The zero-order chi connectivity index (χ0) is 19.5. The molecule has 0 spiro atoms. The van der Waals surface area contributed by atoms with Crippen LogP contribution in [0.15, 0.2) is 29.3 Å². The van der Waals surface area contributed by atoms with Gasteiger partial charge in [-0.25, -0.2) is 4.99 Å². The molecule has 0 radical (unpaired) electrons. The summed E-state index contributed by atoms with van der Waals surface area (Å²) in [5, 5.41) is 17.2. The molecule has 3 N–H and O–H groups in total. The first-order chi connectivity index (χ1) is 13.0. The third-order valence-corrected chi connectivity index (χ3v) is 4.28. The standard InChI is InChI=1S/C20H34N4O3/c1-4-21-19(22-14-17-7-6-8-18(13-17)27-5-2)23-15-20(3,25)16-24-9-11-26-12-10-24/h6-8,13,25H,4-5,9-12,14-16H2,1-3H3,(H2,21,22,23). The van der Waals surface area contributed by atoms with E-state index < -0.39 is 5.60 Å². The molecule has 152 valence electrons. The van der Waals surface area contributed by atoms with Crippen molar-refractivity contribution in [2.24, 2.45) is 4.99 Å². The zero-order valence-corrected chi connectivity index (χ0v) is 16.8. The molecule has 0 bridgehead atoms. The monoisotopic (exact) mass is 378 g/mol. The van der Waals surface area contributed by atoms with E-state index in [-0.39, 0.29) is 0 Å². The van der Waals surface area contributed by atoms with Crippen molar-refractivity contribution in [2.45, 2.75) is 32.9 Å². The highest BCUT2D eigenvalue weighted by molar-refractivity contribution is 5.79. The fourth-order valence-corrected chi connectivity index (χ4v) is 2.98. The van der Waals surface area contributed by atoms with E-state index in [1.807, 2.05) is 45.0 Å². The molecule has 1 aromatic carbocycles. The van der Waals surface area contributed by atoms with E-state index in [1.165, 1.54) is 0 Å². The van der Waals surface area contributed by atoms with Crippen molar-refractivity contribution in [3.8, 4) is 5.75 Å². The first-order valence-electron chi connectivity index (χ1n) is 9.79. The molecular formula is C20H34N4O3. The SMILES string of the molecule is CCNC(=NCc1cccc(OCC)c1)NCC(C)(O)CN1CCOCC1. The molecule has 0 aliphatic carbocycles. The lowest BCUT2D eigenvalue weighted by Crippen LogP contribution is -2.52. The summed E-state index contributed by atoms with van der Waals surface area (Å²) < 4.78 is 10.9. The molecule has 0 amide bonds. The maximum absolute atomic E-state index is 10.7. The number of hydrogen-bond acceptors (Lipinski definition) is 5. The third-order valence-electron chi connectivity index (χ3n) is 4.28. The van der Waals surface area contributed by atoms with Crippen molar-refractivity contribution in [3.63, 3.8) is 0 Å². The van der Waals surface area contributed by atoms with Gasteiger partial charge in [-0.2, -0.15) is 0 Å². The van der Waals surface area contributed by atoms with E-state index >= 15 is 0 Å². The number of aliphatic imine (C=N–C) groups is 1. The molecule has 1 heterocycles. The highest BCUT2D eigenvalue weighted by atomic mass is 16.5. The molecule has 1 fully saturated rings.